The Morgan fingerprint density at radius 3 is 2.37 bits per heavy atom. The number of nitrogens with zero attached hydrogens (tertiary/aromatic N) is 2. The lowest BCUT2D eigenvalue weighted by atomic mass is 10.3. The normalized spacial score (nSPS) is 10.5. The zero-order valence-corrected chi connectivity index (χ0v) is 12.5. The smallest absolute Gasteiger partial charge is 0.217 e. The number of anilines is 2. The number of rotatable bonds is 9. The van der Waals surface area contributed by atoms with Crippen LogP contribution < -0.4 is 15.4 Å². The van der Waals surface area contributed by atoms with E-state index in [4.69, 9.17) is 10.5 Å². The summed E-state index contributed by atoms with van der Waals surface area (Å²) in [5.41, 5.74) is 6.99. The molecule has 0 saturated carbocycles. The van der Waals surface area contributed by atoms with Gasteiger partial charge < -0.3 is 15.4 Å². The van der Waals surface area contributed by atoms with Crippen molar-refractivity contribution in [3.05, 3.63) is 12.1 Å². The van der Waals surface area contributed by atoms with Crippen molar-refractivity contribution in [3.63, 3.8) is 0 Å². The van der Waals surface area contributed by atoms with Gasteiger partial charge in [0.15, 0.2) is 0 Å². The van der Waals surface area contributed by atoms with Gasteiger partial charge in [-0.3, -0.25) is 0 Å². The van der Waals surface area contributed by atoms with Crippen LogP contribution in [0.2, 0.25) is 0 Å². The molecule has 0 bridgehead atoms. The Hall–Kier alpha value is -1.45. The fraction of sp³-hybridized carbons (Fsp3) is 0.667. The van der Waals surface area contributed by atoms with E-state index in [-0.39, 0.29) is 0 Å². The molecule has 1 rings (SSSR count). The molecular formula is C15H27N3O. The van der Waals surface area contributed by atoms with E-state index in [2.05, 4.69) is 30.7 Å². The van der Waals surface area contributed by atoms with Gasteiger partial charge in [-0.25, -0.2) is 0 Å². The van der Waals surface area contributed by atoms with Gasteiger partial charge in [0.25, 0.3) is 0 Å². The highest BCUT2D eigenvalue weighted by Crippen LogP contribution is 2.23. The second-order valence-electron chi connectivity index (χ2n) is 4.78. The number of unbranched alkanes of at least 4 members (excludes halogenated alkanes) is 1. The average Bonchev–Trinajstić information content (AvgIpc) is 2.38. The Balaban J connectivity index is 2.80. The van der Waals surface area contributed by atoms with Crippen molar-refractivity contribution >= 4 is 11.5 Å². The van der Waals surface area contributed by atoms with Crippen molar-refractivity contribution < 1.29 is 4.74 Å². The first kappa shape index (κ1) is 15.6. The van der Waals surface area contributed by atoms with E-state index in [0.717, 1.165) is 44.5 Å². The third-order valence-electron chi connectivity index (χ3n) is 2.91. The quantitative estimate of drug-likeness (QED) is 0.695. The van der Waals surface area contributed by atoms with E-state index in [1.165, 1.54) is 0 Å². The Morgan fingerprint density at radius 1 is 1.11 bits per heavy atom. The standard InChI is InChI=1S/C15H27N3O/c1-4-7-10-19-15-12-13(11-14(16)17-15)18(8-5-2)9-6-3/h11-12H,4-10H2,1-3H3,(H2,16,17). The largest absolute Gasteiger partial charge is 0.478 e. The lowest BCUT2D eigenvalue weighted by Crippen LogP contribution is -2.25. The van der Waals surface area contributed by atoms with E-state index in [1.54, 1.807) is 0 Å². The molecule has 19 heavy (non-hydrogen) atoms. The minimum Gasteiger partial charge on any atom is -0.478 e. The third kappa shape index (κ3) is 5.37. The first-order valence-electron chi connectivity index (χ1n) is 7.36. The molecule has 0 atom stereocenters. The van der Waals surface area contributed by atoms with Crippen LogP contribution >= 0.6 is 0 Å². The van der Waals surface area contributed by atoms with Crippen LogP contribution in [0.25, 0.3) is 0 Å². The van der Waals surface area contributed by atoms with E-state index in [9.17, 15) is 0 Å². The van der Waals surface area contributed by atoms with Crippen molar-refractivity contribution in [3.8, 4) is 5.88 Å². The van der Waals surface area contributed by atoms with Crippen molar-refractivity contribution in [2.45, 2.75) is 46.5 Å². The van der Waals surface area contributed by atoms with Crippen molar-refractivity contribution in [2.75, 3.05) is 30.3 Å². The van der Waals surface area contributed by atoms with Crippen LogP contribution in [-0.2, 0) is 0 Å². The predicted molar refractivity (Wildman–Crippen MR) is 81.8 cm³/mol. The molecule has 0 unspecified atom stereocenters. The van der Waals surface area contributed by atoms with E-state index >= 15 is 0 Å². The Morgan fingerprint density at radius 2 is 1.79 bits per heavy atom. The summed E-state index contributed by atoms with van der Waals surface area (Å²) in [6.45, 7) is 9.29. The topological polar surface area (TPSA) is 51.4 Å². The summed E-state index contributed by atoms with van der Waals surface area (Å²) in [5.74, 6) is 1.17. The van der Waals surface area contributed by atoms with Gasteiger partial charge >= 0.3 is 0 Å². The summed E-state index contributed by atoms with van der Waals surface area (Å²) < 4.78 is 5.66. The first-order valence-corrected chi connectivity index (χ1v) is 7.36. The summed E-state index contributed by atoms with van der Waals surface area (Å²) in [6, 6.07) is 3.93. The molecule has 2 N–H and O–H groups in total. The molecule has 0 radical (unpaired) electrons. The van der Waals surface area contributed by atoms with E-state index in [1.807, 2.05) is 12.1 Å². The maximum atomic E-state index is 5.88. The van der Waals surface area contributed by atoms with Crippen LogP contribution in [0.5, 0.6) is 5.88 Å². The van der Waals surface area contributed by atoms with Gasteiger partial charge in [-0.15, -0.1) is 0 Å². The van der Waals surface area contributed by atoms with Crippen molar-refractivity contribution in [1.82, 2.24) is 4.98 Å². The number of hydrogen-bond acceptors (Lipinski definition) is 4. The first-order chi connectivity index (χ1) is 9.21. The molecule has 0 spiro atoms. The van der Waals surface area contributed by atoms with Crippen LogP contribution in [0.1, 0.15) is 46.5 Å². The number of aromatic nitrogens is 1. The number of ether oxygens (including phenoxy) is 1. The lowest BCUT2D eigenvalue weighted by Gasteiger charge is -2.24. The summed E-state index contributed by atoms with van der Waals surface area (Å²) in [7, 11) is 0. The molecule has 4 heteroatoms. The zero-order valence-electron chi connectivity index (χ0n) is 12.5. The van der Waals surface area contributed by atoms with Gasteiger partial charge in [0, 0.05) is 30.9 Å². The summed E-state index contributed by atoms with van der Waals surface area (Å²) >= 11 is 0. The highest BCUT2D eigenvalue weighted by molar-refractivity contribution is 5.55. The number of hydrogen-bond donors (Lipinski definition) is 1. The van der Waals surface area contributed by atoms with Gasteiger partial charge in [-0.05, 0) is 19.3 Å². The molecule has 0 amide bonds. The zero-order chi connectivity index (χ0) is 14.1. The van der Waals surface area contributed by atoms with Crippen LogP contribution in [-0.4, -0.2) is 24.7 Å². The maximum absolute atomic E-state index is 5.88. The SMILES string of the molecule is CCCCOc1cc(N(CCC)CCC)cc(N)n1. The average molecular weight is 265 g/mol. The molecule has 0 aliphatic heterocycles. The van der Waals surface area contributed by atoms with Gasteiger partial charge in [0.05, 0.1) is 6.61 Å². The van der Waals surface area contributed by atoms with Gasteiger partial charge in [-0.1, -0.05) is 27.2 Å². The predicted octanol–water partition coefficient (Wildman–Crippen LogP) is 3.47. The van der Waals surface area contributed by atoms with Gasteiger partial charge in [0.1, 0.15) is 5.82 Å². The number of pyridine rings is 1. The molecule has 1 aromatic heterocycles. The molecule has 0 aromatic carbocycles. The van der Waals surface area contributed by atoms with E-state index in [0.29, 0.717) is 18.3 Å². The minimum absolute atomic E-state index is 0.529. The molecular weight excluding hydrogens is 238 g/mol. The summed E-state index contributed by atoms with van der Waals surface area (Å²) in [5, 5.41) is 0. The van der Waals surface area contributed by atoms with E-state index < -0.39 is 0 Å². The Bertz CT molecular complexity index is 362. The van der Waals surface area contributed by atoms with Crippen molar-refractivity contribution in [1.29, 1.82) is 0 Å². The van der Waals surface area contributed by atoms with Crippen molar-refractivity contribution in [2.24, 2.45) is 0 Å². The van der Waals surface area contributed by atoms with Crippen LogP contribution in [0.4, 0.5) is 11.5 Å². The number of nitrogens with two attached hydrogens (primary N) is 1. The fourth-order valence-corrected chi connectivity index (χ4v) is 2.00. The molecule has 0 aliphatic carbocycles. The van der Waals surface area contributed by atoms with Crippen LogP contribution in [0.15, 0.2) is 12.1 Å². The molecule has 0 aliphatic rings. The molecule has 1 heterocycles. The molecule has 0 saturated heterocycles. The summed E-state index contributed by atoms with van der Waals surface area (Å²) in [4.78, 5) is 6.58. The second kappa shape index (κ2) is 8.62. The van der Waals surface area contributed by atoms with Gasteiger partial charge in [-0.2, -0.15) is 4.98 Å². The fourth-order valence-electron chi connectivity index (χ4n) is 2.00. The maximum Gasteiger partial charge on any atom is 0.217 e. The van der Waals surface area contributed by atoms with Gasteiger partial charge in [0.2, 0.25) is 5.88 Å². The monoisotopic (exact) mass is 265 g/mol. The third-order valence-corrected chi connectivity index (χ3v) is 2.91. The number of nitrogen functional groups attached to an aromatic ring is 1. The Kier molecular flexibility index (Phi) is 7.08. The molecule has 4 nitrogen and oxygen atoms in total. The Labute approximate surface area is 117 Å². The van der Waals surface area contributed by atoms with Crippen LogP contribution in [0.3, 0.4) is 0 Å². The molecule has 108 valence electrons. The molecule has 1 aromatic rings. The lowest BCUT2D eigenvalue weighted by molar-refractivity contribution is 0.298. The minimum atomic E-state index is 0.529. The highest BCUT2D eigenvalue weighted by atomic mass is 16.5. The second-order valence-corrected chi connectivity index (χ2v) is 4.78. The van der Waals surface area contributed by atoms with Crippen LogP contribution in [0, 0.1) is 0 Å². The molecule has 0 fully saturated rings. The highest BCUT2D eigenvalue weighted by Gasteiger charge is 2.08. The summed E-state index contributed by atoms with van der Waals surface area (Å²) in [6.07, 6.45) is 4.40.